The van der Waals surface area contributed by atoms with Crippen molar-refractivity contribution >= 4 is 29.8 Å². The van der Waals surface area contributed by atoms with Crippen LogP contribution in [0.4, 0.5) is 0 Å². The Balaban J connectivity index is 0.00000144. The number of halogens is 2. The largest absolute Gasteiger partial charge is 0.388 e. The number of hydrogen-bond acceptors (Lipinski definition) is 1. The normalized spacial score (nSPS) is 17.5. The zero-order chi connectivity index (χ0) is 11.6. The molecule has 1 aromatic carbocycles. The van der Waals surface area contributed by atoms with E-state index < -0.39 is 0 Å². The smallest absolute Gasteiger partial charge is 0.0914 e. The summed E-state index contributed by atoms with van der Waals surface area (Å²) >= 11 is 5.90. The molecule has 0 unspecified atom stereocenters. The summed E-state index contributed by atoms with van der Waals surface area (Å²) in [6, 6.07) is 8.02. The molecule has 0 amide bonds. The quantitative estimate of drug-likeness (QED) is 0.637. The zero-order valence-electron chi connectivity index (χ0n) is 9.71. The predicted molar refractivity (Wildman–Crippen MR) is 75.4 cm³/mol. The van der Waals surface area contributed by atoms with Gasteiger partial charge in [0, 0.05) is 16.9 Å². The molecule has 0 spiro atoms. The molecule has 0 aromatic heterocycles. The highest BCUT2D eigenvalue weighted by molar-refractivity contribution is 6.30. The highest BCUT2D eigenvalue weighted by atomic mass is 35.5. The summed E-state index contributed by atoms with van der Waals surface area (Å²) < 4.78 is 0. The molecule has 1 fully saturated rings. The standard InChI is InChI=1S/C13H17ClN2.ClH/c14-11-5-3-10(4-6-11)13(9-12(15)16)7-1-2-8-13;/h3-6H,1-2,7-9H2,(H3,15,16);1H. The van der Waals surface area contributed by atoms with Crippen molar-refractivity contribution in [2.24, 2.45) is 5.73 Å². The van der Waals surface area contributed by atoms with Gasteiger partial charge in [0.05, 0.1) is 5.84 Å². The first-order chi connectivity index (χ1) is 7.62. The SMILES string of the molecule is Cl.N=C(N)CC1(c2ccc(Cl)cc2)CCCC1. The molecule has 0 radical (unpaired) electrons. The molecule has 3 N–H and O–H groups in total. The van der Waals surface area contributed by atoms with Crippen LogP contribution >= 0.6 is 24.0 Å². The van der Waals surface area contributed by atoms with Crippen LogP contribution < -0.4 is 5.73 Å². The third kappa shape index (κ3) is 3.14. The van der Waals surface area contributed by atoms with Gasteiger partial charge in [0.15, 0.2) is 0 Å². The first-order valence-corrected chi connectivity index (χ1v) is 6.09. The van der Waals surface area contributed by atoms with E-state index in [1.54, 1.807) is 0 Å². The van der Waals surface area contributed by atoms with Crippen LogP contribution in [-0.4, -0.2) is 5.84 Å². The number of hydrogen-bond donors (Lipinski definition) is 2. The number of amidine groups is 1. The van der Waals surface area contributed by atoms with E-state index >= 15 is 0 Å². The van der Waals surface area contributed by atoms with E-state index in [4.69, 9.17) is 22.7 Å². The molecule has 0 saturated heterocycles. The van der Waals surface area contributed by atoms with Crippen molar-refractivity contribution in [1.29, 1.82) is 5.41 Å². The first-order valence-electron chi connectivity index (χ1n) is 5.71. The Bertz CT molecular complexity index is 381. The molecule has 17 heavy (non-hydrogen) atoms. The molecular weight excluding hydrogens is 255 g/mol. The molecule has 1 saturated carbocycles. The van der Waals surface area contributed by atoms with Gasteiger partial charge in [0.1, 0.15) is 0 Å². The lowest BCUT2D eigenvalue weighted by molar-refractivity contribution is 0.457. The van der Waals surface area contributed by atoms with Crippen LogP contribution in [0.2, 0.25) is 5.02 Å². The van der Waals surface area contributed by atoms with Crippen LogP contribution in [0, 0.1) is 5.41 Å². The summed E-state index contributed by atoms with van der Waals surface area (Å²) in [7, 11) is 0. The van der Waals surface area contributed by atoms with Crippen molar-refractivity contribution in [2.75, 3.05) is 0 Å². The molecule has 2 nitrogen and oxygen atoms in total. The van der Waals surface area contributed by atoms with E-state index in [0.717, 1.165) is 17.9 Å². The molecule has 94 valence electrons. The lowest BCUT2D eigenvalue weighted by Crippen LogP contribution is -2.29. The average molecular weight is 273 g/mol. The second kappa shape index (κ2) is 5.74. The molecule has 0 atom stereocenters. The Hall–Kier alpha value is -0.730. The van der Waals surface area contributed by atoms with Gasteiger partial charge in [-0.05, 0) is 30.5 Å². The van der Waals surface area contributed by atoms with Gasteiger partial charge in [-0.3, -0.25) is 5.41 Å². The lowest BCUT2D eigenvalue weighted by Gasteiger charge is -2.29. The van der Waals surface area contributed by atoms with Crippen molar-refractivity contribution in [2.45, 2.75) is 37.5 Å². The van der Waals surface area contributed by atoms with Crippen molar-refractivity contribution in [1.82, 2.24) is 0 Å². The fourth-order valence-corrected chi connectivity index (χ4v) is 2.91. The van der Waals surface area contributed by atoms with Crippen molar-refractivity contribution in [3.63, 3.8) is 0 Å². The Morgan fingerprint density at radius 3 is 2.24 bits per heavy atom. The maximum atomic E-state index is 7.53. The average Bonchev–Trinajstić information content (AvgIpc) is 2.67. The van der Waals surface area contributed by atoms with Gasteiger partial charge in [-0.15, -0.1) is 12.4 Å². The Morgan fingerprint density at radius 1 is 1.24 bits per heavy atom. The fourth-order valence-electron chi connectivity index (χ4n) is 2.79. The van der Waals surface area contributed by atoms with E-state index in [2.05, 4.69) is 12.1 Å². The van der Waals surface area contributed by atoms with Crippen molar-refractivity contribution < 1.29 is 0 Å². The monoisotopic (exact) mass is 272 g/mol. The van der Waals surface area contributed by atoms with Crippen LogP contribution in [-0.2, 0) is 5.41 Å². The van der Waals surface area contributed by atoms with Gasteiger partial charge in [-0.2, -0.15) is 0 Å². The van der Waals surface area contributed by atoms with Crippen molar-refractivity contribution in [3.05, 3.63) is 34.9 Å². The molecule has 0 aliphatic heterocycles. The lowest BCUT2D eigenvalue weighted by atomic mass is 9.76. The number of rotatable bonds is 3. The maximum Gasteiger partial charge on any atom is 0.0914 e. The molecule has 0 bridgehead atoms. The second-order valence-electron chi connectivity index (χ2n) is 4.70. The number of nitrogens with two attached hydrogens (primary N) is 1. The summed E-state index contributed by atoms with van der Waals surface area (Å²) in [6.45, 7) is 0. The Labute approximate surface area is 113 Å². The summed E-state index contributed by atoms with van der Waals surface area (Å²) in [5.74, 6) is 0.289. The van der Waals surface area contributed by atoms with Gasteiger partial charge in [-0.1, -0.05) is 36.6 Å². The maximum absolute atomic E-state index is 7.53. The zero-order valence-corrected chi connectivity index (χ0v) is 11.3. The first kappa shape index (κ1) is 14.3. The van der Waals surface area contributed by atoms with Gasteiger partial charge in [0.25, 0.3) is 0 Å². The van der Waals surface area contributed by atoms with E-state index in [0.29, 0.717) is 6.42 Å². The summed E-state index contributed by atoms with van der Waals surface area (Å²) in [5.41, 5.74) is 6.96. The summed E-state index contributed by atoms with van der Waals surface area (Å²) in [4.78, 5) is 0. The highest BCUT2D eigenvalue weighted by Crippen LogP contribution is 2.43. The minimum Gasteiger partial charge on any atom is -0.388 e. The molecule has 4 heteroatoms. The van der Waals surface area contributed by atoms with Crippen LogP contribution in [0.1, 0.15) is 37.7 Å². The van der Waals surface area contributed by atoms with Crippen LogP contribution in [0.5, 0.6) is 0 Å². The van der Waals surface area contributed by atoms with E-state index in [9.17, 15) is 0 Å². The number of nitrogens with one attached hydrogen (secondary N) is 1. The molecule has 1 aliphatic rings. The Morgan fingerprint density at radius 2 is 1.76 bits per heavy atom. The van der Waals surface area contributed by atoms with Crippen LogP contribution in [0.3, 0.4) is 0 Å². The predicted octanol–water partition coefficient (Wildman–Crippen LogP) is 3.90. The van der Waals surface area contributed by atoms with Gasteiger partial charge in [0.2, 0.25) is 0 Å². The summed E-state index contributed by atoms with van der Waals surface area (Å²) in [6.07, 6.45) is 5.41. The molecule has 1 aromatic rings. The third-order valence-electron chi connectivity index (χ3n) is 3.55. The minimum atomic E-state index is 0. The molecule has 2 rings (SSSR count). The Kier molecular flexibility index (Phi) is 4.84. The van der Waals surface area contributed by atoms with E-state index in [-0.39, 0.29) is 23.7 Å². The molecular formula is C13H18Cl2N2. The van der Waals surface area contributed by atoms with Crippen LogP contribution in [0.15, 0.2) is 24.3 Å². The third-order valence-corrected chi connectivity index (χ3v) is 3.80. The molecule has 0 heterocycles. The van der Waals surface area contributed by atoms with Gasteiger partial charge >= 0.3 is 0 Å². The number of benzene rings is 1. The van der Waals surface area contributed by atoms with Crippen molar-refractivity contribution in [3.8, 4) is 0 Å². The van der Waals surface area contributed by atoms with Gasteiger partial charge < -0.3 is 5.73 Å². The topological polar surface area (TPSA) is 49.9 Å². The fraction of sp³-hybridized carbons (Fsp3) is 0.462. The van der Waals surface area contributed by atoms with Crippen LogP contribution in [0.25, 0.3) is 0 Å². The minimum absolute atomic E-state index is 0. The van der Waals surface area contributed by atoms with E-state index in [1.165, 1.54) is 18.4 Å². The highest BCUT2D eigenvalue weighted by Gasteiger charge is 2.35. The summed E-state index contributed by atoms with van der Waals surface area (Å²) in [5, 5.41) is 8.29. The van der Waals surface area contributed by atoms with E-state index in [1.807, 2.05) is 12.1 Å². The molecule has 1 aliphatic carbocycles. The van der Waals surface area contributed by atoms with Gasteiger partial charge in [-0.25, -0.2) is 0 Å². The second-order valence-corrected chi connectivity index (χ2v) is 5.13.